The largest absolute Gasteiger partial charge is 0.389 e. The molecule has 0 aromatic heterocycles. The van der Waals surface area contributed by atoms with Gasteiger partial charge in [-0.05, 0) is 31.2 Å². The van der Waals surface area contributed by atoms with E-state index in [2.05, 4.69) is 49.9 Å². The molecule has 1 aliphatic heterocycles. The van der Waals surface area contributed by atoms with E-state index < -0.39 is 6.10 Å². The highest BCUT2D eigenvalue weighted by atomic mass is 16.5. The van der Waals surface area contributed by atoms with Gasteiger partial charge < -0.3 is 14.6 Å². The standard InChI is InChI=1S/C20H33NO3/c1-16(2)14-23-15-19(22)12-21(13-20-8-5-9-24-20)11-18-7-4-6-17(3)10-18/h4,6-7,10,16,19-20,22H,5,8-9,11-15H2,1-3H3. The zero-order valence-electron chi connectivity index (χ0n) is 15.4. The first-order chi connectivity index (χ1) is 11.5. The van der Waals surface area contributed by atoms with Crippen LogP contribution in [-0.4, -0.2) is 55.1 Å². The van der Waals surface area contributed by atoms with E-state index in [9.17, 15) is 5.11 Å². The van der Waals surface area contributed by atoms with Gasteiger partial charge in [-0.2, -0.15) is 0 Å². The Labute approximate surface area is 146 Å². The molecule has 0 radical (unpaired) electrons. The Morgan fingerprint density at radius 3 is 2.83 bits per heavy atom. The normalized spacial score (nSPS) is 19.3. The van der Waals surface area contributed by atoms with Crippen LogP contribution in [0.4, 0.5) is 0 Å². The van der Waals surface area contributed by atoms with Crippen molar-refractivity contribution in [3.63, 3.8) is 0 Å². The molecule has 0 aliphatic carbocycles. The van der Waals surface area contributed by atoms with Gasteiger partial charge in [0.2, 0.25) is 0 Å². The van der Waals surface area contributed by atoms with Gasteiger partial charge in [0.15, 0.2) is 0 Å². The van der Waals surface area contributed by atoms with Crippen molar-refractivity contribution >= 4 is 0 Å². The zero-order chi connectivity index (χ0) is 17.4. The molecule has 1 N–H and O–H groups in total. The number of hydrogen-bond acceptors (Lipinski definition) is 4. The maximum atomic E-state index is 10.3. The molecule has 2 rings (SSSR count). The Bertz CT molecular complexity index is 472. The second-order valence-electron chi connectivity index (χ2n) is 7.40. The molecule has 2 atom stereocenters. The van der Waals surface area contributed by atoms with Crippen LogP contribution >= 0.6 is 0 Å². The molecule has 1 heterocycles. The van der Waals surface area contributed by atoms with Crippen molar-refractivity contribution in [3.8, 4) is 0 Å². The smallest absolute Gasteiger partial charge is 0.0900 e. The molecule has 0 bridgehead atoms. The summed E-state index contributed by atoms with van der Waals surface area (Å²) in [6.45, 7) is 10.6. The molecule has 1 aromatic rings. The van der Waals surface area contributed by atoms with Crippen molar-refractivity contribution < 1.29 is 14.6 Å². The third-order valence-corrected chi connectivity index (χ3v) is 4.20. The second kappa shape index (κ2) is 10.1. The van der Waals surface area contributed by atoms with Crippen LogP contribution < -0.4 is 0 Å². The van der Waals surface area contributed by atoms with Gasteiger partial charge >= 0.3 is 0 Å². The van der Waals surface area contributed by atoms with Gasteiger partial charge in [0, 0.05) is 32.8 Å². The molecule has 4 heteroatoms. The predicted octanol–water partition coefficient (Wildman–Crippen LogP) is 3.01. The fourth-order valence-electron chi connectivity index (χ4n) is 3.14. The molecule has 1 saturated heterocycles. The van der Waals surface area contributed by atoms with E-state index in [1.165, 1.54) is 11.1 Å². The second-order valence-corrected chi connectivity index (χ2v) is 7.40. The van der Waals surface area contributed by atoms with Crippen molar-refractivity contribution in [3.05, 3.63) is 35.4 Å². The Balaban J connectivity index is 1.88. The number of aryl methyl sites for hydroxylation is 1. The lowest BCUT2D eigenvalue weighted by atomic mass is 10.1. The maximum absolute atomic E-state index is 10.3. The number of nitrogens with zero attached hydrogens (tertiary/aromatic N) is 1. The molecule has 1 aliphatic rings. The Morgan fingerprint density at radius 2 is 2.17 bits per heavy atom. The first-order valence-corrected chi connectivity index (χ1v) is 9.18. The van der Waals surface area contributed by atoms with E-state index >= 15 is 0 Å². The molecule has 0 saturated carbocycles. The van der Waals surface area contributed by atoms with E-state index in [4.69, 9.17) is 9.47 Å². The number of aliphatic hydroxyl groups excluding tert-OH is 1. The summed E-state index contributed by atoms with van der Waals surface area (Å²) in [5.41, 5.74) is 2.55. The third kappa shape index (κ3) is 7.31. The fourth-order valence-corrected chi connectivity index (χ4v) is 3.14. The van der Waals surface area contributed by atoms with E-state index in [0.717, 1.165) is 32.5 Å². The Kier molecular flexibility index (Phi) is 8.19. The topological polar surface area (TPSA) is 41.9 Å². The molecule has 136 valence electrons. The van der Waals surface area contributed by atoms with Crippen LogP contribution in [0.25, 0.3) is 0 Å². The van der Waals surface area contributed by atoms with Crippen molar-refractivity contribution in [1.82, 2.24) is 4.90 Å². The molecular weight excluding hydrogens is 302 g/mol. The molecule has 24 heavy (non-hydrogen) atoms. The van der Waals surface area contributed by atoms with Gasteiger partial charge in [-0.15, -0.1) is 0 Å². The summed E-state index contributed by atoms with van der Waals surface area (Å²) in [4.78, 5) is 2.30. The van der Waals surface area contributed by atoms with Crippen LogP contribution in [0.3, 0.4) is 0 Å². The minimum Gasteiger partial charge on any atom is -0.389 e. The van der Waals surface area contributed by atoms with Crippen LogP contribution in [0, 0.1) is 12.8 Å². The first-order valence-electron chi connectivity index (χ1n) is 9.18. The zero-order valence-corrected chi connectivity index (χ0v) is 15.4. The van der Waals surface area contributed by atoms with Crippen molar-refractivity contribution in [1.29, 1.82) is 0 Å². The minimum absolute atomic E-state index is 0.290. The van der Waals surface area contributed by atoms with Gasteiger partial charge in [0.1, 0.15) is 0 Å². The molecule has 2 unspecified atom stereocenters. The van der Waals surface area contributed by atoms with Crippen LogP contribution in [0.2, 0.25) is 0 Å². The van der Waals surface area contributed by atoms with Crippen LogP contribution in [0.15, 0.2) is 24.3 Å². The van der Waals surface area contributed by atoms with E-state index in [-0.39, 0.29) is 0 Å². The number of aliphatic hydroxyl groups is 1. The average molecular weight is 335 g/mol. The summed E-state index contributed by atoms with van der Waals surface area (Å²) in [6, 6.07) is 8.57. The van der Waals surface area contributed by atoms with E-state index in [1.54, 1.807) is 0 Å². The summed E-state index contributed by atoms with van der Waals surface area (Å²) >= 11 is 0. The highest BCUT2D eigenvalue weighted by Gasteiger charge is 2.21. The van der Waals surface area contributed by atoms with Gasteiger partial charge in [0.25, 0.3) is 0 Å². The lowest BCUT2D eigenvalue weighted by molar-refractivity contribution is -0.00390. The summed E-state index contributed by atoms with van der Waals surface area (Å²) < 4.78 is 11.4. The molecule has 0 spiro atoms. The van der Waals surface area contributed by atoms with Crippen molar-refractivity contribution in [2.75, 3.05) is 32.9 Å². The van der Waals surface area contributed by atoms with E-state index in [1.807, 2.05) is 0 Å². The lowest BCUT2D eigenvalue weighted by Gasteiger charge is -2.27. The van der Waals surface area contributed by atoms with Gasteiger partial charge in [-0.25, -0.2) is 0 Å². The highest BCUT2D eigenvalue weighted by molar-refractivity contribution is 5.22. The lowest BCUT2D eigenvalue weighted by Crippen LogP contribution is -2.39. The molecule has 0 amide bonds. The van der Waals surface area contributed by atoms with Gasteiger partial charge in [-0.3, -0.25) is 4.90 Å². The third-order valence-electron chi connectivity index (χ3n) is 4.20. The molecular formula is C20H33NO3. The van der Waals surface area contributed by atoms with E-state index in [0.29, 0.717) is 31.8 Å². The summed E-state index contributed by atoms with van der Waals surface area (Å²) in [6.07, 6.45) is 2.08. The fraction of sp³-hybridized carbons (Fsp3) is 0.700. The molecule has 4 nitrogen and oxygen atoms in total. The highest BCUT2D eigenvalue weighted by Crippen LogP contribution is 2.16. The minimum atomic E-state index is -0.463. The maximum Gasteiger partial charge on any atom is 0.0900 e. The SMILES string of the molecule is Cc1cccc(CN(CC(O)COCC(C)C)CC2CCCO2)c1. The van der Waals surface area contributed by atoms with Crippen LogP contribution in [0.5, 0.6) is 0 Å². The molecule has 1 fully saturated rings. The number of benzene rings is 1. The Morgan fingerprint density at radius 1 is 1.33 bits per heavy atom. The number of ether oxygens (including phenoxy) is 2. The average Bonchev–Trinajstić information content (AvgIpc) is 2.99. The van der Waals surface area contributed by atoms with Crippen molar-refractivity contribution in [2.45, 2.75) is 52.4 Å². The van der Waals surface area contributed by atoms with Crippen molar-refractivity contribution in [2.24, 2.45) is 5.92 Å². The summed E-state index contributed by atoms with van der Waals surface area (Å²) in [7, 11) is 0. The summed E-state index contributed by atoms with van der Waals surface area (Å²) in [5.74, 6) is 0.493. The quantitative estimate of drug-likeness (QED) is 0.714. The predicted molar refractivity (Wildman–Crippen MR) is 97.1 cm³/mol. The van der Waals surface area contributed by atoms with Crippen LogP contribution in [0.1, 0.15) is 37.8 Å². The number of rotatable bonds is 10. The Hall–Kier alpha value is -0.940. The summed E-state index contributed by atoms with van der Waals surface area (Å²) in [5, 5.41) is 10.3. The van der Waals surface area contributed by atoms with Gasteiger partial charge in [-0.1, -0.05) is 43.7 Å². The number of hydrogen-bond donors (Lipinski definition) is 1. The van der Waals surface area contributed by atoms with Gasteiger partial charge in [0.05, 0.1) is 18.8 Å². The van der Waals surface area contributed by atoms with Crippen LogP contribution in [-0.2, 0) is 16.0 Å². The monoisotopic (exact) mass is 335 g/mol. The molecule has 1 aromatic carbocycles. The first kappa shape index (κ1) is 19.4.